The fourth-order valence-corrected chi connectivity index (χ4v) is 1.59. The molecule has 0 spiro atoms. The van der Waals surface area contributed by atoms with Gasteiger partial charge in [0.1, 0.15) is 10.7 Å². The molecule has 0 aliphatic rings. The molecule has 0 atom stereocenters. The van der Waals surface area contributed by atoms with Crippen LogP contribution in [0.5, 0.6) is 0 Å². The van der Waals surface area contributed by atoms with Gasteiger partial charge in [0.05, 0.1) is 12.7 Å². The zero-order valence-corrected chi connectivity index (χ0v) is 8.08. The summed E-state index contributed by atoms with van der Waals surface area (Å²) in [6, 6.07) is 3.40. The number of hydrogen-bond donors (Lipinski definition) is 1. The molecule has 0 unspecified atom stereocenters. The highest BCUT2D eigenvalue weighted by atomic mass is 32.2. The molecule has 14 heavy (non-hydrogen) atoms. The number of methoxy groups -OCH3 is 1. The van der Waals surface area contributed by atoms with Gasteiger partial charge in [-0.05, 0) is 12.1 Å². The second kappa shape index (κ2) is 4.19. The normalized spacial score (nSPS) is 10.2. The minimum absolute atomic E-state index is 0.288. The third-order valence-corrected chi connectivity index (χ3v) is 2.39. The monoisotopic (exact) mass is 218 g/mol. The molecule has 0 heterocycles. The van der Waals surface area contributed by atoms with Crippen molar-refractivity contribution < 1.29 is 22.3 Å². The van der Waals surface area contributed by atoms with Crippen LogP contribution in [0.2, 0.25) is 0 Å². The Morgan fingerprint density at radius 2 is 2.07 bits per heavy atom. The molecule has 0 saturated carbocycles. The van der Waals surface area contributed by atoms with Crippen molar-refractivity contribution in [3.8, 4) is 0 Å². The Morgan fingerprint density at radius 1 is 1.43 bits per heavy atom. The Morgan fingerprint density at radius 3 is 2.57 bits per heavy atom. The lowest BCUT2D eigenvalue weighted by atomic mass is 10.2. The Labute approximate surface area is 81.3 Å². The summed E-state index contributed by atoms with van der Waals surface area (Å²) in [7, 11) is -2.06. The molecule has 0 bridgehead atoms. The lowest BCUT2D eigenvalue weighted by molar-refractivity contribution is 0.0595. The standard InChI is InChI=1S/C8H7FO4S/c1-13-8(10)5-3-2-4-6(9)7(5)14(11)12/h2-4,14H,1H3. The van der Waals surface area contributed by atoms with E-state index in [2.05, 4.69) is 4.74 Å². The topological polar surface area (TPSA) is 60.4 Å². The number of carbonyl (C=O) groups excluding carboxylic acids is 1. The van der Waals surface area contributed by atoms with Crippen LogP contribution in [0, 0.1) is 5.82 Å². The van der Waals surface area contributed by atoms with Gasteiger partial charge < -0.3 is 4.74 Å². The van der Waals surface area contributed by atoms with Crippen LogP contribution in [0.1, 0.15) is 10.4 Å². The van der Waals surface area contributed by atoms with Gasteiger partial charge in [-0.1, -0.05) is 6.07 Å². The first-order chi connectivity index (χ1) is 6.57. The van der Waals surface area contributed by atoms with E-state index >= 15 is 0 Å². The predicted octanol–water partition coefficient (Wildman–Crippen LogP) is 0.583. The maximum atomic E-state index is 13.0. The Bertz CT molecular complexity index is 431. The van der Waals surface area contributed by atoms with Crippen molar-refractivity contribution in [1.29, 1.82) is 0 Å². The second-order valence-corrected chi connectivity index (χ2v) is 3.35. The average Bonchev–Trinajstić information content (AvgIpc) is 2.15. The molecule has 76 valence electrons. The van der Waals surface area contributed by atoms with Crippen LogP contribution in [0.25, 0.3) is 0 Å². The van der Waals surface area contributed by atoms with Gasteiger partial charge in [-0.25, -0.2) is 17.6 Å². The Kier molecular flexibility index (Phi) is 3.19. The van der Waals surface area contributed by atoms with Crippen LogP contribution in [0.4, 0.5) is 4.39 Å². The quantitative estimate of drug-likeness (QED) is 0.582. The smallest absolute Gasteiger partial charge is 0.339 e. The van der Waals surface area contributed by atoms with Gasteiger partial charge in [-0.3, -0.25) is 0 Å². The van der Waals surface area contributed by atoms with Crippen molar-refractivity contribution in [2.45, 2.75) is 4.90 Å². The SMILES string of the molecule is COC(=O)c1cccc(F)c1[SH](=O)=O. The number of ether oxygens (including phenoxy) is 1. The summed E-state index contributed by atoms with van der Waals surface area (Å²) in [4.78, 5) is 10.4. The molecule has 0 N–H and O–H groups in total. The van der Waals surface area contributed by atoms with E-state index < -0.39 is 27.4 Å². The van der Waals surface area contributed by atoms with Crippen molar-refractivity contribution >= 4 is 16.7 Å². The van der Waals surface area contributed by atoms with E-state index in [9.17, 15) is 17.6 Å². The average molecular weight is 218 g/mol. The summed E-state index contributed by atoms with van der Waals surface area (Å²) in [5, 5.41) is 0. The molecule has 4 nitrogen and oxygen atoms in total. The Hall–Kier alpha value is -1.43. The highest BCUT2D eigenvalue weighted by Crippen LogP contribution is 2.15. The molecule has 0 aliphatic heterocycles. The highest BCUT2D eigenvalue weighted by molar-refractivity contribution is 7.72. The van der Waals surface area contributed by atoms with Gasteiger partial charge in [0.15, 0.2) is 10.7 Å². The lowest BCUT2D eigenvalue weighted by Crippen LogP contribution is -2.06. The number of thiol groups is 1. The summed E-state index contributed by atoms with van der Waals surface area (Å²) < 4.78 is 38.6. The van der Waals surface area contributed by atoms with E-state index in [1.165, 1.54) is 12.1 Å². The third kappa shape index (κ3) is 1.90. The van der Waals surface area contributed by atoms with Crippen LogP contribution in [-0.2, 0) is 15.4 Å². The van der Waals surface area contributed by atoms with Crippen LogP contribution >= 0.6 is 0 Å². The highest BCUT2D eigenvalue weighted by Gasteiger charge is 2.17. The molecule has 0 saturated heterocycles. The second-order valence-electron chi connectivity index (χ2n) is 2.38. The van der Waals surface area contributed by atoms with Crippen molar-refractivity contribution in [2.24, 2.45) is 0 Å². The van der Waals surface area contributed by atoms with Crippen molar-refractivity contribution in [3.05, 3.63) is 29.6 Å². The van der Waals surface area contributed by atoms with Gasteiger partial charge in [-0.2, -0.15) is 0 Å². The minimum Gasteiger partial charge on any atom is -0.465 e. The van der Waals surface area contributed by atoms with Gasteiger partial charge in [-0.15, -0.1) is 0 Å². The van der Waals surface area contributed by atoms with Gasteiger partial charge in [0, 0.05) is 0 Å². The van der Waals surface area contributed by atoms with Crippen molar-refractivity contribution in [2.75, 3.05) is 7.11 Å². The van der Waals surface area contributed by atoms with E-state index in [-0.39, 0.29) is 5.56 Å². The molecule has 1 aromatic carbocycles. The van der Waals surface area contributed by atoms with Gasteiger partial charge >= 0.3 is 5.97 Å². The molecular weight excluding hydrogens is 211 g/mol. The van der Waals surface area contributed by atoms with E-state index in [1.54, 1.807) is 0 Å². The summed E-state index contributed by atoms with van der Waals surface area (Å²) in [5.74, 6) is -1.83. The first kappa shape index (κ1) is 10.6. The largest absolute Gasteiger partial charge is 0.465 e. The van der Waals surface area contributed by atoms with Crippen LogP contribution in [-0.4, -0.2) is 21.5 Å². The maximum Gasteiger partial charge on any atom is 0.339 e. The third-order valence-electron chi connectivity index (χ3n) is 1.57. The molecule has 0 amide bonds. The summed E-state index contributed by atoms with van der Waals surface area (Å²) in [6.45, 7) is 0. The summed E-state index contributed by atoms with van der Waals surface area (Å²) in [5.41, 5.74) is -0.288. The van der Waals surface area contributed by atoms with Crippen LogP contribution < -0.4 is 0 Å². The van der Waals surface area contributed by atoms with Gasteiger partial charge in [0.25, 0.3) is 0 Å². The first-order valence-electron chi connectivity index (χ1n) is 3.59. The zero-order chi connectivity index (χ0) is 10.7. The van der Waals surface area contributed by atoms with Gasteiger partial charge in [0.2, 0.25) is 0 Å². The summed E-state index contributed by atoms with van der Waals surface area (Å²) >= 11 is 0. The fraction of sp³-hybridized carbons (Fsp3) is 0.125. The molecule has 6 heteroatoms. The molecule has 1 aromatic rings. The minimum atomic E-state index is -3.15. The van der Waals surface area contributed by atoms with Crippen LogP contribution in [0.15, 0.2) is 23.1 Å². The summed E-state index contributed by atoms with van der Waals surface area (Å²) in [6.07, 6.45) is 0. The zero-order valence-electron chi connectivity index (χ0n) is 7.19. The number of halogens is 1. The Balaban J connectivity index is 3.43. The molecule has 1 rings (SSSR count). The van der Waals surface area contributed by atoms with Crippen molar-refractivity contribution in [1.82, 2.24) is 0 Å². The number of esters is 1. The maximum absolute atomic E-state index is 13.0. The lowest BCUT2D eigenvalue weighted by Gasteiger charge is -2.02. The fourth-order valence-electron chi connectivity index (χ4n) is 0.976. The van der Waals surface area contributed by atoms with Crippen molar-refractivity contribution in [3.63, 3.8) is 0 Å². The van der Waals surface area contributed by atoms with Crippen LogP contribution in [0.3, 0.4) is 0 Å². The van der Waals surface area contributed by atoms with E-state index in [0.29, 0.717) is 0 Å². The van der Waals surface area contributed by atoms with E-state index in [0.717, 1.165) is 13.2 Å². The van der Waals surface area contributed by atoms with E-state index in [4.69, 9.17) is 0 Å². The molecule has 0 aromatic heterocycles. The number of rotatable bonds is 2. The molecule has 0 aliphatic carbocycles. The first-order valence-corrected chi connectivity index (χ1v) is 4.77. The molecule has 0 radical (unpaired) electrons. The number of hydrogen-bond acceptors (Lipinski definition) is 4. The molecule has 0 fully saturated rings. The number of carbonyl (C=O) groups is 1. The van der Waals surface area contributed by atoms with E-state index in [1.807, 2.05) is 0 Å². The molecular formula is C8H7FO4S. The predicted molar refractivity (Wildman–Crippen MR) is 46.3 cm³/mol. The number of benzene rings is 1.